The number of H-pyrrole nitrogens is 1. The lowest BCUT2D eigenvalue weighted by Gasteiger charge is -1.91. The van der Waals surface area contributed by atoms with Crippen molar-refractivity contribution in [3.8, 4) is 11.4 Å². The normalized spacial score (nSPS) is 11.5. The maximum Gasteiger partial charge on any atom is 0.273 e. The molecular formula is C7H7N5O2S. The number of sulfonamides is 1. The van der Waals surface area contributed by atoms with E-state index in [4.69, 9.17) is 5.14 Å². The topological polar surface area (TPSA) is 115 Å². The largest absolute Gasteiger partial charge is 0.273 e. The van der Waals surface area contributed by atoms with Crippen LogP contribution in [0.4, 0.5) is 0 Å². The van der Waals surface area contributed by atoms with Gasteiger partial charge in [0.15, 0.2) is 5.82 Å². The fraction of sp³-hybridized carbons (Fsp3) is 0. The summed E-state index contributed by atoms with van der Waals surface area (Å²) in [5.41, 5.74) is 0.663. The lowest BCUT2D eigenvalue weighted by Crippen LogP contribution is -2.13. The lowest BCUT2D eigenvalue weighted by atomic mass is 10.3. The molecule has 0 aliphatic rings. The molecule has 2 rings (SSSR count). The van der Waals surface area contributed by atoms with E-state index in [0.717, 1.165) is 0 Å². The second-order valence-electron chi connectivity index (χ2n) is 2.75. The molecule has 0 amide bonds. The minimum atomic E-state index is -3.83. The molecule has 0 aliphatic heterocycles. The van der Waals surface area contributed by atoms with Gasteiger partial charge in [-0.1, -0.05) is 0 Å². The number of primary sulfonamides is 1. The molecular weight excluding hydrogens is 218 g/mol. The minimum Gasteiger partial charge on any atom is -0.265 e. The Morgan fingerprint density at radius 3 is 2.47 bits per heavy atom. The predicted molar refractivity (Wildman–Crippen MR) is 51.0 cm³/mol. The standard InChI is InChI=1S/C7H7N5O2S/c8-15(13,14)7-10-6(11-12-7)5-1-3-9-4-2-5/h1-4H,(H2,8,13,14)(H,10,11,12). The molecule has 0 radical (unpaired) electrons. The molecule has 0 spiro atoms. The first-order chi connectivity index (χ1) is 7.07. The van der Waals surface area contributed by atoms with Gasteiger partial charge in [0.1, 0.15) is 0 Å². The first-order valence-corrected chi connectivity index (χ1v) is 5.47. The van der Waals surface area contributed by atoms with Gasteiger partial charge in [0.2, 0.25) is 0 Å². The Labute approximate surface area is 85.4 Å². The van der Waals surface area contributed by atoms with Gasteiger partial charge >= 0.3 is 0 Å². The van der Waals surface area contributed by atoms with E-state index in [1.807, 2.05) is 0 Å². The Bertz CT molecular complexity index is 562. The summed E-state index contributed by atoms with van der Waals surface area (Å²) in [7, 11) is -3.83. The van der Waals surface area contributed by atoms with Crippen molar-refractivity contribution in [1.29, 1.82) is 0 Å². The number of nitrogens with two attached hydrogens (primary N) is 1. The van der Waals surface area contributed by atoms with Crippen LogP contribution in [0.5, 0.6) is 0 Å². The Kier molecular flexibility index (Phi) is 2.21. The van der Waals surface area contributed by atoms with Crippen LogP contribution in [-0.4, -0.2) is 28.6 Å². The second-order valence-corrected chi connectivity index (χ2v) is 4.22. The maximum absolute atomic E-state index is 10.9. The molecule has 7 nitrogen and oxygen atoms in total. The average Bonchev–Trinajstić information content (AvgIpc) is 2.67. The third-order valence-corrected chi connectivity index (χ3v) is 2.39. The molecule has 0 saturated heterocycles. The number of hydrogen-bond donors (Lipinski definition) is 2. The first kappa shape index (κ1) is 9.74. The van der Waals surface area contributed by atoms with Gasteiger partial charge in [-0.2, -0.15) is 10.1 Å². The van der Waals surface area contributed by atoms with Gasteiger partial charge in [0.25, 0.3) is 15.2 Å². The van der Waals surface area contributed by atoms with Crippen LogP contribution in [0, 0.1) is 0 Å². The zero-order valence-electron chi connectivity index (χ0n) is 7.45. The zero-order chi connectivity index (χ0) is 10.9. The van der Waals surface area contributed by atoms with Crippen molar-refractivity contribution in [1.82, 2.24) is 20.2 Å². The molecule has 0 aromatic carbocycles. The Morgan fingerprint density at radius 2 is 1.93 bits per heavy atom. The van der Waals surface area contributed by atoms with Crippen molar-refractivity contribution in [2.75, 3.05) is 0 Å². The molecule has 0 atom stereocenters. The van der Waals surface area contributed by atoms with Crippen molar-refractivity contribution in [2.24, 2.45) is 5.14 Å². The van der Waals surface area contributed by atoms with Crippen LogP contribution in [0.2, 0.25) is 0 Å². The second kappa shape index (κ2) is 3.41. The number of aromatic amines is 1. The highest BCUT2D eigenvalue weighted by Gasteiger charge is 2.14. The summed E-state index contributed by atoms with van der Waals surface area (Å²) < 4.78 is 21.8. The van der Waals surface area contributed by atoms with Crippen molar-refractivity contribution < 1.29 is 8.42 Å². The molecule has 0 saturated carbocycles. The summed E-state index contributed by atoms with van der Waals surface area (Å²) >= 11 is 0. The molecule has 0 fully saturated rings. The predicted octanol–water partition coefficient (Wildman–Crippen LogP) is -0.486. The van der Waals surface area contributed by atoms with Crippen LogP contribution in [-0.2, 0) is 10.0 Å². The molecule has 78 valence electrons. The lowest BCUT2D eigenvalue weighted by molar-refractivity contribution is 0.589. The molecule has 0 unspecified atom stereocenters. The Balaban J connectivity index is 2.46. The highest BCUT2D eigenvalue weighted by atomic mass is 32.2. The highest BCUT2D eigenvalue weighted by molar-refractivity contribution is 7.89. The Hall–Kier alpha value is -1.80. The summed E-state index contributed by atoms with van der Waals surface area (Å²) in [6, 6.07) is 3.33. The van der Waals surface area contributed by atoms with Crippen LogP contribution in [0.1, 0.15) is 0 Å². The van der Waals surface area contributed by atoms with Gasteiger partial charge < -0.3 is 0 Å². The average molecular weight is 225 g/mol. The highest BCUT2D eigenvalue weighted by Crippen LogP contribution is 2.13. The Morgan fingerprint density at radius 1 is 1.27 bits per heavy atom. The van der Waals surface area contributed by atoms with E-state index in [9.17, 15) is 8.42 Å². The van der Waals surface area contributed by atoms with Crippen molar-refractivity contribution in [3.05, 3.63) is 24.5 Å². The SMILES string of the molecule is NS(=O)(=O)c1nc(-c2ccncc2)n[nH]1. The van der Waals surface area contributed by atoms with Gasteiger partial charge in [-0.05, 0) is 12.1 Å². The van der Waals surface area contributed by atoms with Gasteiger partial charge in [0, 0.05) is 18.0 Å². The summed E-state index contributed by atoms with van der Waals surface area (Å²) in [6.45, 7) is 0. The van der Waals surface area contributed by atoms with E-state index < -0.39 is 10.0 Å². The number of rotatable bonds is 2. The minimum absolute atomic E-state index is 0.265. The number of nitrogens with zero attached hydrogens (tertiary/aromatic N) is 3. The van der Waals surface area contributed by atoms with E-state index >= 15 is 0 Å². The number of aromatic nitrogens is 4. The zero-order valence-corrected chi connectivity index (χ0v) is 8.27. The van der Waals surface area contributed by atoms with Crippen LogP contribution < -0.4 is 5.14 Å². The van der Waals surface area contributed by atoms with E-state index in [-0.39, 0.29) is 11.0 Å². The van der Waals surface area contributed by atoms with E-state index in [0.29, 0.717) is 5.56 Å². The summed E-state index contributed by atoms with van der Waals surface area (Å²) in [4.78, 5) is 7.56. The van der Waals surface area contributed by atoms with Gasteiger partial charge in [-0.15, -0.1) is 0 Å². The van der Waals surface area contributed by atoms with E-state index in [1.54, 1.807) is 24.5 Å². The molecule has 8 heteroatoms. The van der Waals surface area contributed by atoms with Crippen molar-refractivity contribution in [2.45, 2.75) is 5.16 Å². The van der Waals surface area contributed by atoms with E-state index in [2.05, 4.69) is 20.2 Å². The van der Waals surface area contributed by atoms with Gasteiger partial charge in [-0.3, -0.25) is 4.98 Å². The summed E-state index contributed by atoms with van der Waals surface area (Å²) in [5.74, 6) is 0.265. The first-order valence-electron chi connectivity index (χ1n) is 3.93. The fourth-order valence-electron chi connectivity index (χ4n) is 1.00. The molecule has 0 bridgehead atoms. The number of pyridine rings is 1. The molecule has 3 N–H and O–H groups in total. The third kappa shape index (κ3) is 2.00. The van der Waals surface area contributed by atoms with Gasteiger partial charge in [0.05, 0.1) is 0 Å². The smallest absolute Gasteiger partial charge is 0.265 e. The fourth-order valence-corrected chi connectivity index (χ4v) is 1.39. The van der Waals surface area contributed by atoms with Crippen molar-refractivity contribution in [3.63, 3.8) is 0 Å². The monoisotopic (exact) mass is 225 g/mol. The molecule has 2 heterocycles. The summed E-state index contributed by atoms with van der Waals surface area (Å²) in [5, 5.41) is 10.5. The quantitative estimate of drug-likeness (QED) is 0.715. The molecule has 2 aromatic rings. The summed E-state index contributed by atoms with van der Waals surface area (Å²) in [6.07, 6.45) is 3.12. The van der Waals surface area contributed by atoms with Crippen molar-refractivity contribution >= 4 is 10.0 Å². The van der Waals surface area contributed by atoms with Crippen LogP contribution in [0.3, 0.4) is 0 Å². The third-order valence-electron chi connectivity index (χ3n) is 1.67. The molecule has 15 heavy (non-hydrogen) atoms. The molecule has 0 aliphatic carbocycles. The number of nitrogens with one attached hydrogen (secondary N) is 1. The molecule has 2 aromatic heterocycles. The maximum atomic E-state index is 10.9. The van der Waals surface area contributed by atoms with Crippen LogP contribution >= 0.6 is 0 Å². The van der Waals surface area contributed by atoms with Crippen LogP contribution in [0.15, 0.2) is 29.7 Å². The number of hydrogen-bond acceptors (Lipinski definition) is 5. The van der Waals surface area contributed by atoms with Gasteiger partial charge in [-0.25, -0.2) is 18.7 Å². The van der Waals surface area contributed by atoms with E-state index in [1.165, 1.54) is 0 Å². The van der Waals surface area contributed by atoms with Crippen LogP contribution in [0.25, 0.3) is 11.4 Å².